The SMILES string of the molecule is CCNc1ncnc(-c2ccc(Cl)c(Cl)c2)c1C(C)C. The van der Waals surface area contributed by atoms with E-state index in [1.165, 1.54) is 0 Å². The monoisotopic (exact) mass is 309 g/mol. The van der Waals surface area contributed by atoms with Crippen LogP contribution in [0.5, 0.6) is 0 Å². The smallest absolute Gasteiger partial charge is 0.133 e. The van der Waals surface area contributed by atoms with Crippen molar-refractivity contribution in [2.75, 3.05) is 11.9 Å². The van der Waals surface area contributed by atoms with Crippen LogP contribution in [0.2, 0.25) is 10.0 Å². The Morgan fingerprint density at radius 1 is 1.15 bits per heavy atom. The first-order chi connectivity index (χ1) is 9.54. The van der Waals surface area contributed by atoms with E-state index in [9.17, 15) is 0 Å². The van der Waals surface area contributed by atoms with Crippen molar-refractivity contribution in [3.63, 3.8) is 0 Å². The molecule has 0 aliphatic rings. The minimum atomic E-state index is 0.301. The summed E-state index contributed by atoms with van der Waals surface area (Å²) < 4.78 is 0. The van der Waals surface area contributed by atoms with Crippen LogP contribution in [0.4, 0.5) is 5.82 Å². The third-order valence-corrected chi connectivity index (χ3v) is 3.74. The molecular weight excluding hydrogens is 293 g/mol. The molecule has 2 rings (SSSR count). The molecule has 1 aromatic carbocycles. The van der Waals surface area contributed by atoms with Crippen LogP contribution in [0.15, 0.2) is 24.5 Å². The third-order valence-electron chi connectivity index (χ3n) is 3.00. The molecule has 0 bridgehead atoms. The molecule has 0 aliphatic carbocycles. The largest absolute Gasteiger partial charge is 0.370 e. The first-order valence-electron chi connectivity index (χ1n) is 6.58. The minimum Gasteiger partial charge on any atom is -0.370 e. The van der Waals surface area contributed by atoms with E-state index in [2.05, 4.69) is 29.1 Å². The van der Waals surface area contributed by atoms with E-state index in [1.54, 1.807) is 12.4 Å². The molecule has 106 valence electrons. The highest BCUT2D eigenvalue weighted by Gasteiger charge is 2.16. The maximum atomic E-state index is 6.11. The first-order valence-corrected chi connectivity index (χ1v) is 7.34. The Hall–Kier alpha value is -1.32. The van der Waals surface area contributed by atoms with Crippen LogP contribution in [-0.4, -0.2) is 16.5 Å². The fourth-order valence-corrected chi connectivity index (χ4v) is 2.42. The van der Waals surface area contributed by atoms with Crippen LogP contribution < -0.4 is 5.32 Å². The Morgan fingerprint density at radius 2 is 1.90 bits per heavy atom. The maximum absolute atomic E-state index is 6.11. The fraction of sp³-hybridized carbons (Fsp3) is 0.333. The number of halogens is 2. The summed E-state index contributed by atoms with van der Waals surface area (Å²) in [6.07, 6.45) is 1.57. The summed E-state index contributed by atoms with van der Waals surface area (Å²) >= 11 is 12.1. The summed E-state index contributed by atoms with van der Waals surface area (Å²) in [4.78, 5) is 8.77. The molecule has 0 saturated heterocycles. The minimum absolute atomic E-state index is 0.301. The molecule has 0 radical (unpaired) electrons. The molecule has 0 aliphatic heterocycles. The van der Waals surface area contributed by atoms with Gasteiger partial charge in [0.1, 0.15) is 12.1 Å². The molecule has 3 nitrogen and oxygen atoms in total. The standard InChI is InChI=1S/C15H17Cl2N3/c1-4-18-15-13(9(2)3)14(19-8-20-15)10-5-6-11(16)12(17)7-10/h5-9H,4H2,1-3H3,(H,18,19,20). The lowest BCUT2D eigenvalue weighted by Crippen LogP contribution is -2.07. The predicted octanol–water partition coefficient (Wildman–Crippen LogP) is 5.01. The Morgan fingerprint density at radius 3 is 2.50 bits per heavy atom. The Balaban J connectivity index is 2.60. The van der Waals surface area contributed by atoms with Gasteiger partial charge in [0.2, 0.25) is 0 Å². The summed E-state index contributed by atoms with van der Waals surface area (Å²) in [6.45, 7) is 7.11. The van der Waals surface area contributed by atoms with E-state index < -0.39 is 0 Å². The van der Waals surface area contributed by atoms with E-state index in [0.717, 1.165) is 29.2 Å². The van der Waals surface area contributed by atoms with Crippen LogP contribution >= 0.6 is 23.2 Å². The fourth-order valence-electron chi connectivity index (χ4n) is 2.12. The highest BCUT2D eigenvalue weighted by atomic mass is 35.5. The van der Waals surface area contributed by atoms with Crippen molar-refractivity contribution in [3.05, 3.63) is 40.1 Å². The highest BCUT2D eigenvalue weighted by Crippen LogP contribution is 2.34. The summed E-state index contributed by atoms with van der Waals surface area (Å²) in [5, 5.41) is 4.36. The molecule has 5 heteroatoms. The van der Waals surface area contributed by atoms with Gasteiger partial charge in [-0.05, 0) is 25.0 Å². The number of rotatable bonds is 4. The van der Waals surface area contributed by atoms with Gasteiger partial charge >= 0.3 is 0 Å². The summed E-state index contributed by atoms with van der Waals surface area (Å²) in [5.41, 5.74) is 2.93. The number of hydrogen-bond donors (Lipinski definition) is 1. The Bertz CT molecular complexity index is 612. The van der Waals surface area contributed by atoms with Crippen LogP contribution in [0, 0.1) is 0 Å². The van der Waals surface area contributed by atoms with Crippen molar-refractivity contribution < 1.29 is 0 Å². The third kappa shape index (κ3) is 3.05. The highest BCUT2D eigenvalue weighted by molar-refractivity contribution is 6.42. The topological polar surface area (TPSA) is 37.8 Å². The van der Waals surface area contributed by atoms with Crippen molar-refractivity contribution in [1.82, 2.24) is 9.97 Å². The van der Waals surface area contributed by atoms with E-state index >= 15 is 0 Å². The van der Waals surface area contributed by atoms with E-state index in [1.807, 2.05) is 19.1 Å². The zero-order valence-electron chi connectivity index (χ0n) is 11.7. The summed E-state index contributed by atoms with van der Waals surface area (Å²) in [6, 6.07) is 5.56. The van der Waals surface area contributed by atoms with Crippen LogP contribution in [0.25, 0.3) is 11.3 Å². The zero-order valence-corrected chi connectivity index (χ0v) is 13.3. The molecule has 1 heterocycles. The maximum Gasteiger partial charge on any atom is 0.133 e. The van der Waals surface area contributed by atoms with Gasteiger partial charge in [-0.1, -0.05) is 43.1 Å². The van der Waals surface area contributed by atoms with E-state index in [0.29, 0.717) is 16.0 Å². The number of hydrogen-bond acceptors (Lipinski definition) is 3. The van der Waals surface area contributed by atoms with Crippen LogP contribution in [0.3, 0.4) is 0 Å². The van der Waals surface area contributed by atoms with Gasteiger partial charge in [-0.2, -0.15) is 0 Å². The zero-order chi connectivity index (χ0) is 14.7. The van der Waals surface area contributed by atoms with Gasteiger partial charge in [0.15, 0.2) is 0 Å². The van der Waals surface area contributed by atoms with Crippen LogP contribution in [0.1, 0.15) is 32.3 Å². The Labute approximate surface area is 129 Å². The lowest BCUT2D eigenvalue weighted by atomic mass is 9.97. The summed E-state index contributed by atoms with van der Waals surface area (Å²) in [7, 11) is 0. The van der Waals surface area contributed by atoms with E-state index in [4.69, 9.17) is 23.2 Å². The molecule has 1 N–H and O–H groups in total. The Kier molecular flexibility index (Phi) is 4.84. The molecule has 0 amide bonds. The average molecular weight is 310 g/mol. The van der Waals surface area contributed by atoms with Crippen molar-refractivity contribution in [3.8, 4) is 11.3 Å². The number of nitrogens with zero attached hydrogens (tertiary/aromatic N) is 2. The number of benzene rings is 1. The number of nitrogens with one attached hydrogen (secondary N) is 1. The van der Waals surface area contributed by atoms with Gasteiger partial charge in [-0.25, -0.2) is 9.97 Å². The van der Waals surface area contributed by atoms with Gasteiger partial charge in [-0.3, -0.25) is 0 Å². The van der Waals surface area contributed by atoms with Crippen molar-refractivity contribution in [2.45, 2.75) is 26.7 Å². The molecule has 0 atom stereocenters. The second-order valence-electron chi connectivity index (χ2n) is 4.80. The van der Waals surface area contributed by atoms with Gasteiger partial charge in [0.05, 0.1) is 15.7 Å². The van der Waals surface area contributed by atoms with Crippen molar-refractivity contribution >= 4 is 29.0 Å². The normalized spacial score (nSPS) is 10.9. The van der Waals surface area contributed by atoms with Crippen molar-refractivity contribution in [2.24, 2.45) is 0 Å². The lowest BCUT2D eigenvalue weighted by Gasteiger charge is -2.16. The lowest BCUT2D eigenvalue weighted by molar-refractivity contribution is 0.849. The molecular formula is C15H17Cl2N3. The molecule has 20 heavy (non-hydrogen) atoms. The second kappa shape index (κ2) is 6.42. The van der Waals surface area contributed by atoms with E-state index in [-0.39, 0.29) is 0 Å². The molecule has 2 aromatic rings. The van der Waals surface area contributed by atoms with Crippen LogP contribution in [-0.2, 0) is 0 Å². The van der Waals surface area contributed by atoms with Gasteiger partial charge in [0, 0.05) is 17.7 Å². The predicted molar refractivity (Wildman–Crippen MR) is 85.7 cm³/mol. The molecule has 0 saturated carbocycles. The second-order valence-corrected chi connectivity index (χ2v) is 5.61. The average Bonchev–Trinajstić information content (AvgIpc) is 2.42. The molecule has 1 aromatic heterocycles. The molecule has 0 spiro atoms. The molecule has 0 unspecified atom stereocenters. The van der Waals surface area contributed by atoms with Crippen molar-refractivity contribution in [1.29, 1.82) is 0 Å². The number of aromatic nitrogens is 2. The first kappa shape index (κ1) is 15.1. The number of anilines is 1. The van der Waals surface area contributed by atoms with Gasteiger partial charge in [-0.15, -0.1) is 0 Å². The summed E-state index contributed by atoms with van der Waals surface area (Å²) in [5.74, 6) is 1.17. The van der Waals surface area contributed by atoms with Gasteiger partial charge in [0.25, 0.3) is 0 Å². The quantitative estimate of drug-likeness (QED) is 0.863. The van der Waals surface area contributed by atoms with Gasteiger partial charge < -0.3 is 5.32 Å². The molecule has 0 fully saturated rings.